The van der Waals surface area contributed by atoms with E-state index in [1.165, 1.54) is 5.56 Å². The fourth-order valence-electron chi connectivity index (χ4n) is 5.72. The van der Waals surface area contributed by atoms with Crippen LogP contribution in [0.4, 0.5) is 5.82 Å². The van der Waals surface area contributed by atoms with Gasteiger partial charge in [-0.1, -0.05) is 0 Å². The molecule has 1 amide bonds. The highest BCUT2D eigenvalue weighted by Crippen LogP contribution is 2.33. The van der Waals surface area contributed by atoms with Gasteiger partial charge in [-0.05, 0) is 70.2 Å². The number of hydrogen-bond acceptors (Lipinski definition) is 5. The monoisotopic (exact) mass is 471 g/mol. The Hall–Kier alpha value is -3.39. The van der Waals surface area contributed by atoms with Crippen LogP contribution >= 0.6 is 0 Å². The van der Waals surface area contributed by atoms with E-state index in [1.54, 1.807) is 0 Å². The van der Waals surface area contributed by atoms with E-state index in [-0.39, 0.29) is 18.0 Å². The number of nitrogens with one attached hydrogen (secondary N) is 1. The van der Waals surface area contributed by atoms with E-state index < -0.39 is 0 Å². The van der Waals surface area contributed by atoms with Crippen molar-refractivity contribution in [2.75, 3.05) is 24.5 Å². The number of amides is 1. The van der Waals surface area contributed by atoms with Crippen molar-refractivity contribution in [2.24, 2.45) is 5.73 Å². The average Bonchev–Trinajstić information content (AvgIpc) is 3.55. The largest absolute Gasteiger partial charge is 0.358 e. The first-order valence-corrected chi connectivity index (χ1v) is 12.7. The highest BCUT2D eigenvalue weighted by atomic mass is 16.2. The van der Waals surface area contributed by atoms with Crippen molar-refractivity contribution in [3.63, 3.8) is 0 Å². The van der Waals surface area contributed by atoms with Crippen molar-refractivity contribution in [1.82, 2.24) is 24.5 Å². The minimum Gasteiger partial charge on any atom is -0.358 e. The zero-order valence-electron chi connectivity index (χ0n) is 20.7. The lowest BCUT2D eigenvalue weighted by atomic mass is 9.97. The fourth-order valence-corrected chi connectivity index (χ4v) is 5.72. The smallest absolute Gasteiger partial charge is 0.254 e. The molecular weight excluding hydrogens is 438 g/mol. The average molecular weight is 472 g/mol. The van der Waals surface area contributed by atoms with Gasteiger partial charge in [0.1, 0.15) is 5.82 Å². The van der Waals surface area contributed by atoms with Gasteiger partial charge in [0.2, 0.25) is 0 Å². The molecular formula is C27H33N7O. The number of fused-ring (bicyclic) bond motifs is 2. The van der Waals surface area contributed by atoms with Gasteiger partial charge in [-0.3, -0.25) is 4.79 Å². The first kappa shape index (κ1) is 22.1. The number of carbonyl (C=O) groups excluding carboxylic acids is 1. The molecule has 2 atom stereocenters. The highest BCUT2D eigenvalue weighted by molar-refractivity contribution is 5.99. The molecule has 182 valence electrons. The highest BCUT2D eigenvalue weighted by Gasteiger charge is 2.31. The molecule has 2 unspecified atom stereocenters. The molecule has 5 heterocycles. The number of anilines is 1. The third kappa shape index (κ3) is 3.76. The van der Waals surface area contributed by atoms with Gasteiger partial charge >= 0.3 is 0 Å². The number of aromatic nitrogens is 4. The Morgan fingerprint density at radius 2 is 1.97 bits per heavy atom. The Morgan fingerprint density at radius 1 is 1.11 bits per heavy atom. The van der Waals surface area contributed by atoms with E-state index >= 15 is 0 Å². The molecule has 0 saturated carbocycles. The number of carbonyl (C=O) groups is 1. The summed E-state index contributed by atoms with van der Waals surface area (Å²) in [5, 5.41) is 6.00. The molecule has 2 fully saturated rings. The zero-order chi connectivity index (χ0) is 24.3. The number of H-pyrrole nitrogens is 1. The number of hydrogen-bond donors (Lipinski definition) is 2. The van der Waals surface area contributed by atoms with Gasteiger partial charge in [0.25, 0.3) is 5.91 Å². The summed E-state index contributed by atoms with van der Waals surface area (Å²) in [7, 11) is 0. The molecule has 0 bridgehead atoms. The number of aromatic amines is 1. The molecule has 0 radical (unpaired) electrons. The Labute approximate surface area is 205 Å². The van der Waals surface area contributed by atoms with Gasteiger partial charge in [-0.2, -0.15) is 5.10 Å². The van der Waals surface area contributed by atoms with E-state index in [0.29, 0.717) is 0 Å². The van der Waals surface area contributed by atoms with Crippen LogP contribution in [0.5, 0.6) is 0 Å². The lowest BCUT2D eigenvalue weighted by Crippen LogP contribution is -2.38. The minimum absolute atomic E-state index is 0.0494. The summed E-state index contributed by atoms with van der Waals surface area (Å²) in [6.45, 7) is 8.75. The molecule has 2 saturated heterocycles. The van der Waals surface area contributed by atoms with Crippen molar-refractivity contribution in [2.45, 2.75) is 58.5 Å². The summed E-state index contributed by atoms with van der Waals surface area (Å²) in [5.74, 6) is 1.06. The Balaban J connectivity index is 1.33. The summed E-state index contributed by atoms with van der Waals surface area (Å²) in [5.41, 5.74) is 13.1. The first-order chi connectivity index (χ1) is 16.9. The van der Waals surface area contributed by atoms with Crippen LogP contribution in [0.1, 0.15) is 64.6 Å². The Bertz CT molecular complexity index is 1430. The van der Waals surface area contributed by atoms with Gasteiger partial charge in [0.05, 0.1) is 11.7 Å². The predicted octanol–water partition coefficient (Wildman–Crippen LogP) is 4.04. The van der Waals surface area contributed by atoms with E-state index in [9.17, 15) is 4.79 Å². The third-order valence-electron chi connectivity index (χ3n) is 7.81. The fraction of sp³-hybridized carbons (Fsp3) is 0.444. The maximum atomic E-state index is 13.7. The number of piperidine rings is 1. The van der Waals surface area contributed by atoms with Crippen LogP contribution in [0.3, 0.4) is 0 Å². The predicted molar refractivity (Wildman–Crippen MR) is 138 cm³/mol. The number of rotatable bonds is 3. The second-order valence-electron chi connectivity index (χ2n) is 10.3. The molecule has 8 nitrogen and oxygen atoms in total. The molecule has 2 aliphatic heterocycles. The van der Waals surface area contributed by atoms with Gasteiger partial charge in [0, 0.05) is 65.7 Å². The molecule has 8 heteroatoms. The van der Waals surface area contributed by atoms with Crippen LogP contribution in [-0.2, 0) is 0 Å². The SMILES string of the molecule is Cc1cn2nc(C3CCCCN3C(=O)c3ccc4[nH]c(C)c(C)c4c3)cc2nc1N1CCC(N)C1. The standard InChI is InChI=1S/C27H33N7O/c1-16-14-34-25(30-26(16)32-11-9-20(28)15-32)13-23(31-34)24-6-4-5-10-33(24)27(35)19-7-8-22-21(12-19)17(2)18(3)29-22/h7-8,12-14,20,24,29H,4-6,9-11,15,28H2,1-3H3. The normalized spacial score (nSPS) is 20.9. The second kappa shape index (κ2) is 8.37. The van der Waals surface area contributed by atoms with Crippen molar-refractivity contribution in [3.8, 4) is 0 Å². The van der Waals surface area contributed by atoms with Crippen LogP contribution < -0.4 is 10.6 Å². The molecule has 4 aromatic rings. The first-order valence-electron chi connectivity index (χ1n) is 12.7. The molecule has 3 aromatic heterocycles. The van der Waals surface area contributed by atoms with Gasteiger partial charge in [-0.25, -0.2) is 9.50 Å². The van der Waals surface area contributed by atoms with E-state index in [1.807, 2.05) is 33.8 Å². The third-order valence-corrected chi connectivity index (χ3v) is 7.81. The van der Waals surface area contributed by atoms with Crippen molar-refractivity contribution in [1.29, 1.82) is 0 Å². The second-order valence-corrected chi connectivity index (χ2v) is 10.3. The lowest BCUT2D eigenvalue weighted by molar-refractivity contribution is 0.0606. The molecule has 0 aliphatic carbocycles. The molecule has 2 aliphatic rings. The number of aryl methyl sites for hydroxylation is 3. The summed E-state index contributed by atoms with van der Waals surface area (Å²) in [4.78, 5) is 26.3. The Morgan fingerprint density at radius 3 is 2.77 bits per heavy atom. The number of nitrogens with zero attached hydrogens (tertiary/aromatic N) is 5. The topological polar surface area (TPSA) is 95.5 Å². The van der Waals surface area contributed by atoms with Gasteiger partial charge < -0.3 is 20.5 Å². The van der Waals surface area contributed by atoms with Crippen LogP contribution in [0.2, 0.25) is 0 Å². The lowest BCUT2D eigenvalue weighted by Gasteiger charge is -2.34. The van der Waals surface area contributed by atoms with Crippen LogP contribution in [0, 0.1) is 20.8 Å². The van der Waals surface area contributed by atoms with E-state index in [2.05, 4.69) is 36.7 Å². The van der Waals surface area contributed by atoms with Crippen molar-refractivity contribution >= 4 is 28.3 Å². The molecule has 6 rings (SSSR count). The maximum absolute atomic E-state index is 13.7. The number of nitrogens with two attached hydrogens (primary N) is 1. The maximum Gasteiger partial charge on any atom is 0.254 e. The molecule has 0 spiro atoms. The van der Waals surface area contributed by atoms with Crippen LogP contribution in [0.25, 0.3) is 16.6 Å². The molecule has 1 aromatic carbocycles. The minimum atomic E-state index is -0.0494. The van der Waals surface area contributed by atoms with Gasteiger partial charge in [0.15, 0.2) is 5.65 Å². The van der Waals surface area contributed by atoms with Crippen LogP contribution in [0.15, 0.2) is 30.5 Å². The zero-order valence-corrected chi connectivity index (χ0v) is 20.7. The quantitative estimate of drug-likeness (QED) is 0.470. The van der Waals surface area contributed by atoms with E-state index in [0.717, 1.165) is 90.2 Å². The summed E-state index contributed by atoms with van der Waals surface area (Å²) >= 11 is 0. The summed E-state index contributed by atoms with van der Waals surface area (Å²) in [6, 6.07) is 8.19. The van der Waals surface area contributed by atoms with Gasteiger partial charge in [-0.15, -0.1) is 0 Å². The molecule has 35 heavy (non-hydrogen) atoms. The number of likely N-dealkylation sites (tertiary alicyclic amines) is 1. The summed E-state index contributed by atoms with van der Waals surface area (Å²) < 4.78 is 1.86. The van der Waals surface area contributed by atoms with E-state index in [4.69, 9.17) is 15.8 Å². The molecule has 3 N–H and O–H groups in total. The number of benzene rings is 1. The Kier molecular flexibility index (Phi) is 5.29. The van der Waals surface area contributed by atoms with Crippen molar-refractivity contribution < 1.29 is 4.79 Å². The van der Waals surface area contributed by atoms with Crippen LogP contribution in [-0.4, -0.2) is 56.1 Å². The van der Waals surface area contributed by atoms with Crippen molar-refractivity contribution in [3.05, 3.63) is 58.5 Å². The summed E-state index contributed by atoms with van der Waals surface area (Å²) in [6.07, 6.45) is 6.04.